The van der Waals surface area contributed by atoms with Gasteiger partial charge in [-0.2, -0.15) is 5.26 Å². The highest BCUT2D eigenvalue weighted by Crippen LogP contribution is 2.34. The lowest BCUT2D eigenvalue weighted by Crippen LogP contribution is -1.92. The lowest BCUT2D eigenvalue weighted by Gasteiger charge is -2.01. The Balaban J connectivity index is 2.39. The van der Waals surface area contributed by atoms with E-state index in [1.165, 1.54) is 6.08 Å². The molecule has 14 heavy (non-hydrogen) atoms. The van der Waals surface area contributed by atoms with Crippen LogP contribution >= 0.6 is 0 Å². The number of fused-ring (bicyclic) bond motifs is 1. The van der Waals surface area contributed by atoms with Crippen LogP contribution in [0.1, 0.15) is 12.5 Å². The molecule has 0 radical (unpaired) electrons. The van der Waals surface area contributed by atoms with E-state index in [0.717, 1.165) is 22.6 Å². The van der Waals surface area contributed by atoms with Gasteiger partial charge in [-0.1, -0.05) is 6.07 Å². The van der Waals surface area contributed by atoms with Gasteiger partial charge in [0.15, 0.2) is 11.5 Å². The molecule has 0 fully saturated rings. The first-order valence-electron chi connectivity index (χ1n) is 4.27. The number of benzene rings is 1. The van der Waals surface area contributed by atoms with Gasteiger partial charge in [0.1, 0.15) is 0 Å². The number of hydrogen-bond acceptors (Lipinski definition) is 3. The maximum absolute atomic E-state index is 8.51. The Bertz CT molecular complexity index is 429. The number of nitrogens with zero attached hydrogens (tertiary/aromatic N) is 1. The summed E-state index contributed by atoms with van der Waals surface area (Å²) in [4.78, 5) is 0. The Morgan fingerprint density at radius 1 is 1.43 bits per heavy atom. The fraction of sp³-hybridized carbons (Fsp3) is 0.182. The van der Waals surface area contributed by atoms with E-state index in [-0.39, 0.29) is 6.79 Å². The van der Waals surface area contributed by atoms with E-state index in [1.54, 1.807) is 0 Å². The van der Waals surface area contributed by atoms with Gasteiger partial charge in [-0.15, -0.1) is 0 Å². The standard InChI is InChI=1S/C11H9NO2/c1-8(4-5-12)9-2-3-10-11(6-9)14-7-13-10/h2-4,6H,7H2,1H3/b8-4+. The number of allylic oxidation sites excluding steroid dienone is 2. The van der Waals surface area contributed by atoms with Crippen molar-refractivity contribution in [2.24, 2.45) is 0 Å². The average Bonchev–Trinajstić information content (AvgIpc) is 2.64. The van der Waals surface area contributed by atoms with Gasteiger partial charge in [-0.25, -0.2) is 0 Å². The van der Waals surface area contributed by atoms with Crippen molar-refractivity contribution in [1.82, 2.24) is 0 Å². The third-order valence-corrected chi connectivity index (χ3v) is 2.11. The zero-order valence-electron chi connectivity index (χ0n) is 7.78. The Kier molecular flexibility index (Phi) is 2.11. The fourth-order valence-electron chi connectivity index (χ4n) is 1.32. The minimum Gasteiger partial charge on any atom is -0.454 e. The summed E-state index contributed by atoms with van der Waals surface area (Å²) in [6.45, 7) is 2.17. The molecule has 3 nitrogen and oxygen atoms in total. The molecule has 2 rings (SSSR count). The van der Waals surface area contributed by atoms with Crippen LogP contribution in [-0.4, -0.2) is 6.79 Å². The van der Waals surface area contributed by atoms with Crippen molar-refractivity contribution < 1.29 is 9.47 Å². The monoisotopic (exact) mass is 187 g/mol. The molecule has 1 aromatic rings. The molecule has 70 valence electrons. The van der Waals surface area contributed by atoms with Gasteiger partial charge in [-0.3, -0.25) is 0 Å². The highest BCUT2D eigenvalue weighted by atomic mass is 16.7. The number of hydrogen-bond donors (Lipinski definition) is 0. The van der Waals surface area contributed by atoms with Gasteiger partial charge in [0, 0.05) is 6.08 Å². The van der Waals surface area contributed by atoms with Crippen LogP contribution in [0.4, 0.5) is 0 Å². The van der Waals surface area contributed by atoms with Crippen LogP contribution in [0.15, 0.2) is 24.3 Å². The lowest BCUT2D eigenvalue weighted by molar-refractivity contribution is 0.174. The molecular formula is C11H9NO2. The highest BCUT2D eigenvalue weighted by molar-refractivity contribution is 5.68. The molecule has 0 aliphatic carbocycles. The number of ether oxygens (including phenoxy) is 2. The van der Waals surface area contributed by atoms with Gasteiger partial charge in [-0.05, 0) is 30.2 Å². The third-order valence-electron chi connectivity index (χ3n) is 2.11. The first kappa shape index (κ1) is 8.64. The molecule has 0 atom stereocenters. The molecule has 0 spiro atoms. The van der Waals surface area contributed by atoms with Crippen molar-refractivity contribution in [3.8, 4) is 17.6 Å². The molecule has 1 heterocycles. The SMILES string of the molecule is C/C(=C\C#N)c1ccc2c(c1)OCO2. The van der Waals surface area contributed by atoms with Crippen LogP contribution in [0.5, 0.6) is 11.5 Å². The smallest absolute Gasteiger partial charge is 0.231 e. The molecule has 0 aromatic heterocycles. The highest BCUT2D eigenvalue weighted by Gasteiger charge is 2.13. The van der Waals surface area contributed by atoms with Gasteiger partial charge in [0.25, 0.3) is 0 Å². The van der Waals surface area contributed by atoms with E-state index in [4.69, 9.17) is 14.7 Å². The molecule has 0 saturated heterocycles. The van der Waals surface area contributed by atoms with Crippen LogP contribution < -0.4 is 9.47 Å². The molecule has 0 amide bonds. The third kappa shape index (κ3) is 1.42. The average molecular weight is 187 g/mol. The summed E-state index contributed by atoms with van der Waals surface area (Å²) in [7, 11) is 0. The van der Waals surface area contributed by atoms with Crippen molar-refractivity contribution in [2.45, 2.75) is 6.92 Å². The second-order valence-electron chi connectivity index (χ2n) is 3.02. The molecule has 3 heteroatoms. The zero-order chi connectivity index (χ0) is 9.97. The van der Waals surface area contributed by atoms with Crippen LogP contribution in [0.3, 0.4) is 0 Å². The van der Waals surface area contributed by atoms with Crippen molar-refractivity contribution in [1.29, 1.82) is 5.26 Å². The van der Waals surface area contributed by atoms with Crippen molar-refractivity contribution >= 4 is 5.57 Å². The van der Waals surface area contributed by atoms with Crippen molar-refractivity contribution in [3.05, 3.63) is 29.8 Å². The predicted octanol–water partition coefficient (Wildman–Crippen LogP) is 2.34. The zero-order valence-corrected chi connectivity index (χ0v) is 7.78. The normalized spacial score (nSPS) is 13.9. The predicted molar refractivity (Wildman–Crippen MR) is 51.8 cm³/mol. The molecular weight excluding hydrogens is 178 g/mol. The second kappa shape index (κ2) is 3.43. The molecule has 0 N–H and O–H groups in total. The maximum Gasteiger partial charge on any atom is 0.231 e. The Morgan fingerprint density at radius 3 is 3.00 bits per heavy atom. The van der Waals surface area contributed by atoms with Crippen LogP contribution in [0.25, 0.3) is 5.57 Å². The summed E-state index contributed by atoms with van der Waals surface area (Å²) in [5, 5.41) is 8.51. The van der Waals surface area contributed by atoms with E-state index >= 15 is 0 Å². The second-order valence-corrected chi connectivity index (χ2v) is 3.02. The van der Waals surface area contributed by atoms with Gasteiger partial charge >= 0.3 is 0 Å². The van der Waals surface area contributed by atoms with Gasteiger partial charge < -0.3 is 9.47 Å². The van der Waals surface area contributed by atoms with E-state index in [0.29, 0.717) is 0 Å². The van der Waals surface area contributed by atoms with Crippen LogP contribution in [0.2, 0.25) is 0 Å². The Labute approximate surface area is 82.2 Å². The number of nitriles is 1. The van der Waals surface area contributed by atoms with E-state index in [1.807, 2.05) is 31.2 Å². The summed E-state index contributed by atoms with van der Waals surface area (Å²) in [6.07, 6.45) is 1.51. The maximum atomic E-state index is 8.51. The Hall–Kier alpha value is -1.95. The molecule has 1 aliphatic rings. The summed E-state index contributed by atoms with van der Waals surface area (Å²) >= 11 is 0. The van der Waals surface area contributed by atoms with E-state index in [9.17, 15) is 0 Å². The van der Waals surface area contributed by atoms with Crippen molar-refractivity contribution in [3.63, 3.8) is 0 Å². The first-order valence-corrected chi connectivity index (χ1v) is 4.27. The quantitative estimate of drug-likeness (QED) is 0.634. The van der Waals surface area contributed by atoms with E-state index in [2.05, 4.69) is 0 Å². The van der Waals surface area contributed by atoms with Crippen LogP contribution in [0, 0.1) is 11.3 Å². The van der Waals surface area contributed by atoms with E-state index < -0.39 is 0 Å². The minimum absolute atomic E-state index is 0.278. The summed E-state index contributed by atoms with van der Waals surface area (Å²) in [5.41, 5.74) is 1.90. The summed E-state index contributed by atoms with van der Waals surface area (Å²) < 4.78 is 10.4. The summed E-state index contributed by atoms with van der Waals surface area (Å²) in [5.74, 6) is 1.51. The molecule has 1 aromatic carbocycles. The molecule has 0 unspecified atom stereocenters. The van der Waals surface area contributed by atoms with Crippen molar-refractivity contribution in [2.75, 3.05) is 6.79 Å². The van der Waals surface area contributed by atoms with Crippen LogP contribution in [-0.2, 0) is 0 Å². The Morgan fingerprint density at radius 2 is 2.21 bits per heavy atom. The molecule has 1 aliphatic heterocycles. The largest absolute Gasteiger partial charge is 0.454 e. The fourth-order valence-corrected chi connectivity index (χ4v) is 1.32. The minimum atomic E-state index is 0.278. The van der Waals surface area contributed by atoms with Gasteiger partial charge in [0.2, 0.25) is 6.79 Å². The summed E-state index contributed by atoms with van der Waals surface area (Å²) in [6, 6.07) is 7.65. The topological polar surface area (TPSA) is 42.2 Å². The molecule has 0 bridgehead atoms. The first-order chi connectivity index (χ1) is 6.81. The number of rotatable bonds is 1. The lowest BCUT2D eigenvalue weighted by atomic mass is 10.1. The van der Waals surface area contributed by atoms with Gasteiger partial charge in [0.05, 0.1) is 6.07 Å². The molecule has 0 saturated carbocycles.